The Hall–Kier alpha value is -1.86. The number of rotatable bonds is 4. The van der Waals surface area contributed by atoms with Crippen LogP contribution in [0, 0.1) is 0 Å². The quantitative estimate of drug-likeness (QED) is 0.761. The van der Waals surface area contributed by atoms with Crippen molar-refractivity contribution in [1.29, 1.82) is 0 Å². The summed E-state index contributed by atoms with van der Waals surface area (Å²) in [6, 6.07) is 10.1. The molecule has 0 amide bonds. The molecule has 7 heteroatoms. The number of halogens is 1. The second-order valence-electron chi connectivity index (χ2n) is 5.93. The molecule has 0 bridgehead atoms. The van der Waals surface area contributed by atoms with E-state index in [9.17, 15) is 0 Å². The molecule has 0 aliphatic carbocycles. The summed E-state index contributed by atoms with van der Waals surface area (Å²) in [5.74, 6) is 0.682. The van der Waals surface area contributed by atoms with Gasteiger partial charge < -0.3 is 5.32 Å². The van der Waals surface area contributed by atoms with Crippen LogP contribution in [0.25, 0.3) is 10.8 Å². The van der Waals surface area contributed by atoms with Gasteiger partial charge in [-0.1, -0.05) is 29.8 Å². The van der Waals surface area contributed by atoms with Crippen molar-refractivity contribution in [3.63, 3.8) is 0 Å². The van der Waals surface area contributed by atoms with Crippen molar-refractivity contribution in [1.82, 2.24) is 25.2 Å². The number of nitrogens with one attached hydrogen (secondary N) is 1. The van der Waals surface area contributed by atoms with E-state index in [1.165, 1.54) is 5.56 Å². The van der Waals surface area contributed by atoms with E-state index in [4.69, 9.17) is 16.6 Å². The van der Waals surface area contributed by atoms with Crippen LogP contribution in [0.15, 0.2) is 48.1 Å². The topological polar surface area (TPSA) is 53.9 Å². The first-order valence-electron chi connectivity index (χ1n) is 8.22. The minimum absolute atomic E-state index is 0.251. The molecule has 25 heavy (non-hydrogen) atoms. The first-order valence-corrected chi connectivity index (χ1v) is 9.48. The lowest BCUT2D eigenvalue weighted by Crippen LogP contribution is -2.45. The highest BCUT2D eigenvalue weighted by molar-refractivity contribution is 7.13. The van der Waals surface area contributed by atoms with Crippen LogP contribution in [-0.4, -0.2) is 39.5 Å². The number of benzene rings is 1. The highest BCUT2D eigenvalue weighted by Crippen LogP contribution is 2.30. The number of hydrogen-bond acceptors (Lipinski definition) is 6. The summed E-state index contributed by atoms with van der Waals surface area (Å²) in [6.07, 6.45) is 3.49. The SMILES string of the molecule is Clc1ccccc1C1CNCCN1Cc1csc(-c2ncccn2)n1. The van der Waals surface area contributed by atoms with Gasteiger partial charge in [-0.05, 0) is 17.7 Å². The normalized spacial score (nSPS) is 18.4. The zero-order valence-electron chi connectivity index (χ0n) is 13.6. The summed E-state index contributed by atoms with van der Waals surface area (Å²) in [6.45, 7) is 3.62. The van der Waals surface area contributed by atoms with E-state index in [1.54, 1.807) is 23.7 Å². The summed E-state index contributed by atoms with van der Waals surface area (Å²) in [5.41, 5.74) is 2.21. The maximum Gasteiger partial charge on any atom is 0.188 e. The first-order chi connectivity index (χ1) is 12.3. The molecular formula is C18H18ClN5S. The lowest BCUT2D eigenvalue weighted by molar-refractivity contribution is 0.152. The van der Waals surface area contributed by atoms with Crippen molar-refractivity contribution in [2.75, 3.05) is 19.6 Å². The van der Waals surface area contributed by atoms with Gasteiger partial charge in [0.15, 0.2) is 10.8 Å². The van der Waals surface area contributed by atoms with Crippen LogP contribution in [0.5, 0.6) is 0 Å². The molecule has 2 aromatic heterocycles. The zero-order chi connectivity index (χ0) is 17.1. The van der Waals surface area contributed by atoms with Gasteiger partial charge in [-0.25, -0.2) is 15.0 Å². The van der Waals surface area contributed by atoms with Gasteiger partial charge in [-0.2, -0.15) is 0 Å². The Morgan fingerprint density at radius 3 is 2.88 bits per heavy atom. The minimum Gasteiger partial charge on any atom is -0.314 e. The lowest BCUT2D eigenvalue weighted by Gasteiger charge is -2.36. The van der Waals surface area contributed by atoms with Crippen LogP contribution in [0.4, 0.5) is 0 Å². The molecule has 1 aliphatic rings. The second kappa shape index (κ2) is 7.58. The molecule has 3 heterocycles. The van der Waals surface area contributed by atoms with E-state index < -0.39 is 0 Å². The van der Waals surface area contributed by atoms with E-state index in [0.717, 1.165) is 41.9 Å². The summed E-state index contributed by atoms with van der Waals surface area (Å²) in [5, 5.41) is 7.24. The van der Waals surface area contributed by atoms with Crippen LogP contribution in [0.3, 0.4) is 0 Å². The van der Waals surface area contributed by atoms with Crippen molar-refractivity contribution >= 4 is 22.9 Å². The minimum atomic E-state index is 0.251. The van der Waals surface area contributed by atoms with E-state index in [0.29, 0.717) is 5.82 Å². The summed E-state index contributed by atoms with van der Waals surface area (Å²) >= 11 is 8.01. The molecule has 5 nitrogen and oxygen atoms in total. The summed E-state index contributed by atoms with van der Waals surface area (Å²) < 4.78 is 0. The Balaban J connectivity index is 1.55. The van der Waals surface area contributed by atoms with E-state index in [2.05, 4.69) is 31.6 Å². The molecule has 0 saturated carbocycles. The van der Waals surface area contributed by atoms with Gasteiger partial charge in [0, 0.05) is 55.0 Å². The fourth-order valence-corrected chi connectivity index (χ4v) is 4.10. The van der Waals surface area contributed by atoms with Crippen LogP contribution in [-0.2, 0) is 6.54 Å². The van der Waals surface area contributed by atoms with Crippen molar-refractivity contribution in [2.45, 2.75) is 12.6 Å². The van der Waals surface area contributed by atoms with Crippen LogP contribution >= 0.6 is 22.9 Å². The predicted octanol–water partition coefficient (Wildman–Crippen LogP) is 3.40. The van der Waals surface area contributed by atoms with Crippen LogP contribution in [0.1, 0.15) is 17.3 Å². The van der Waals surface area contributed by atoms with Crippen LogP contribution in [0.2, 0.25) is 5.02 Å². The molecule has 1 unspecified atom stereocenters. The van der Waals surface area contributed by atoms with E-state index >= 15 is 0 Å². The summed E-state index contributed by atoms with van der Waals surface area (Å²) in [4.78, 5) is 15.7. The standard InChI is InChI=1S/C18H18ClN5S/c19-15-5-2-1-4-14(15)16-10-20-8-9-24(16)11-13-12-25-18(23-13)17-21-6-3-7-22-17/h1-7,12,16,20H,8-11H2. The van der Waals surface area contributed by atoms with Crippen LogP contribution < -0.4 is 5.32 Å². The van der Waals surface area contributed by atoms with Gasteiger partial charge in [-0.15, -0.1) is 11.3 Å². The maximum atomic E-state index is 6.43. The van der Waals surface area contributed by atoms with Gasteiger partial charge in [0.05, 0.1) is 5.69 Å². The molecule has 3 aromatic rings. The molecule has 1 saturated heterocycles. The Bertz CT molecular complexity index is 838. The third kappa shape index (κ3) is 3.72. The average molecular weight is 372 g/mol. The molecule has 1 aromatic carbocycles. The van der Waals surface area contributed by atoms with Gasteiger partial charge in [-0.3, -0.25) is 4.90 Å². The largest absolute Gasteiger partial charge is 0.314 e. The molecule has 0 spiro atoms. The third-order valence-electron chi connectivity index (χ3n) is 4.29. The fourth-order valence-electron chi connectivity index (χ4n) is 3.09. The molecule has 1 aliphatic heterocycles. The third-order valence-corrected chi connectivity index (χ3v) is 5.52. The Kier molecular flexibility index (Phi) is 5.03. The number of thiazole rings is 1. The van der Waals surface area contributed by atoms with Gasteiger partial charge >= 0.3 is 0 Å². The Labute approximate surface area is 155 Å². The number of aromatic nitrogens is 3. The highest BCUT2D eigenvalue weighted by atomic mass is 35.5. The Morgan fingerprint density at radius 1 is 1.20 bits per heavy atom. The maximum absolute atomic E-state index is 6.43. The second-order valence-corrected chi connectivity index (χ2v) is 7.19. The molecule has 1 atom stereocenters. The van der Waals surface area contributed by atoms with Gasteiger partial charge in [0.2, 0.25) is 0 Å². The molecular weight excluding hydrogens is 354 g/mol. The first kappa shape index (κ1) is 16.6. The fraction of sp³-hybridized carbons (Fsp3) is 0.278. The zero-order valence-corrected chi connectivity index (χ0v) is 15.2. The molecule has 128 valence electrons. The highest BCUT2D eigenvalue weighted by Gasteiger charge is 2.26. The predicted molar refractivity (Wildman–Crippen MR) is 101 cm³/mol. The van der Waals surface area contributed by atoms with E-state index in [-0.39, 0.29) is 6.04 Å². The average Bonchev–Trinajstić information content (AvgIpc) is 3.12. The molecule has 1 fully saturated rings. The number of piperazine rings is 1. The van der Waals surface area contributed by atoms with Crippen molar-refractivity contribution in [2.24, 2.45) is 0 Å². The number of nitrogens with zero attached hydrogens (tertiary/aromatic N) is 4. The van der Waals surface area contributed by atoms with E-state index in [1.807, 2.05) is 24.3 Å². The number of hydrogen-bond donors (Lipinski definition) is 1. The van der Waals surface area contributed by atoms with Gasteiger partial charge in [0.1, 0.15) is 0 Å². The van der Waals surface area contributed by atoms with Crippen molar-refractivity contribution in [3.8, 4) is 10.8 Å². The smallest absolute Gasteiger partial charge is 0.188 e. The monoisotopic (exact) mass is 371 g/mol. The molecule has 0 radical (unpaired) electrons. The lowest BCUT2D eigenvalue weighted by atomic mass is 10.0. The molecule has 4 rings (SSSR count). The van der Waals surface area contributed by atoms with Crippen molar-refractivity contribution < 1.29 is 0 Å². The summed E-state index contributed by atoms with van der Waals surface area (Å²) in [7, 11) is 0. The van der Waals surface area contributed by atoms with Crippen molar-refractivity contribution in [3.05, 3.63) is 64.4 Å². The Morgan fingerprint density at radius 2 is 2.04 bits per heavy atom. The van der Waals surface area contributed by atoms with Gasteiger partial charge in [0.25, 0.3) is 0 Å². The molecule has 1 N–H and O–H groups in total.